The van der Waals surface area contributed by atoms with Crippen LogP contribution in [0, 0.1) is 12.3 Å². The number of aliphatic hydroxyl groups is 1. The fraction of sp³-hybridized carbons (Fsp3) is 0.684. The molecule has 3 rings (SSSR count). The van der Waals surface area contributed by atoms with E-state index in [9.17, 15) is 14.7 Å². The molecule has 0 bridgehead atoms. The number of rotatable bonds is 4. The van der Waals surface area contributed by atoms with E-state index in [1.807, 2.05) is 17.9 Å². The van der Waals surface area contributed by atoms with Crippen LogP contribution in [0.25, 0.3) is 0 Å². The minimum Gasteiger partial charge on any atom is -0.392 e. The third kappa shape index (κ3) is 2.91. The molecule has 1 aliphatic carbocycles. The lowest BCUT2D eigenvalue weighted by molar-refractivity contribution is -0.261. The highest BCUT2D eigenvalue weighted by Crippen LogP contribution is 2.57. The quantitative estimate of drug-likeness (QED) is 0.891. The molecule has 1 aromatic heterocycles. The molecule has 2 fully saturated rings. The van der Waals surface area contributed by atoms with Crippen molar-refractivity contribution in [3.05, 3.63) is 34.2 Å². The third-order valence-corrected chi connectivity index (χ3v) is 6.55. The lowest BCUT2D eigenvalue weighted by atomic mass is 9.51. The second kappa shape index (κ2) is 6.57. The van der Waals surface area contributed by atoms with Gasteiger partial charge in [-0.3, -0.25) is 9.59 Å². The van der Waals surface area contributed by atoms with Crippen molar-refractivity contribution in [2.24, 2.45) is 5.41 Å². The molecule has 6 heteroatoms. The average molecular weight is 348 g/mol. The predicted octanol–water partition coefficient (Wildman–Crippen LogP) is 1.33. The summed E-state index contributed by atoms with van der Waals surface area (Å²) < 4.78 is 7.30. The van der Waals surface area contributed by atoms with E-state index >= 15 is 0 Å². The summed E-state index contributed by atoms with van der Waals surface area (Å²) in [4.78, 5) is 26.3. The second-order valence-electron chi connectivity index (χ2n) is 7.60. The summed E-state index contributed by atoms with van der Waals surface area (Å²) in [5.41, 5.74) is 0.270. The van der Waals surface area contributed by atoms with Crippen molar-refractivity contribution in [3.8, 4) is 0 Å². The predicted molar refractivity (Wildman–Crippen MR) is 94.3 cm³/mol. The van der Waals surface area contributed by atoms with Gasteiger partial charge in [0.25, 0.3) is 5.56 Å². The molecule has 0 unspecified atom stereocenters. The number of amides is 1. The summed E-state index contributed by atoms with van der Waals surface area (Å²) in [6.07, 6.45) is 2.15. The summed E-state index contributed by atoms with van der Waals surface area (Å²) in [5, 5.41) is 10.3. The molecule has 1 saturated heterocycles. The number of pyridine rings is 1. The van der Waals surface area contributed by atoms with Gasteiger partial charge in [-0.25, -0.2) is 0 Å². The fourth-order valence-corrected chi connectivity index (χ4v) is 4.57. The van der Waals surface area contributed by atoms with Crippen LogP contribution in [0.15, 0.2) is 23.0 Å². The first kappa shape index (κ1) is 18.1. The van der Waals surface area contributed by atoms with Gasteiger partial charge in [0.2, 0.25) is 5.91 Å². The molecule has 138 valence electrons. The van der Waals surface area contributed by atoms with E-state index in [4.69, 9.17) is 4.74 Å². The summed E-state index contributed by atoms with van der Waals surface area (Å²) in [6.45, 7) is 5.61. The number of methoxy groups -OCH3 is 1. The van der Waals surface area contributed by atoms with E-state index in [-0.39, 0.29) is 28.6 Å². The minimum absolute atomic E-state index is 0.0675. The number of likely N-dealkylation sites (tertiary alicyclic amines) is 1. The molecule has 1 amide bonds. The van der Waals surface area contributed by atoms with Crippen molar-refractivity contribution in [2.45, 2.75) is 57.8 Å². The maximum absolute atomic E-state index is 12.5. The standard InChI is InChI=1S/C19H28N2O4/c1-14-5-4-6-17(24)21(14)10-7-16(23)20-11-8-19(9-12-20)15(22)13-18(19,2)25-3/h4-6,15,22H,7-13H2,1-3H3/t15-,18+/m1/s1. The van der Waals surface area contributed by atoms with Crippen LogP contribution >= 0.6 is 0 Å². The number of aryl methyl sites for hydroxylation is 1. The number of ether oxygens (including phenoxy) is 1. The van der Waals surface area contributed by atoms with E-state index in [0.29, 0.717) is 32.5 Å². The van der Waals surface area contributed by atoms with Gasteiger partial charge in [0.1, 0.15) is 0 Å². The van der Waals surface area contributed by atoms with Crippen LogP contribution in [-0.2, 0) is 16.1 Å². The molecule has 1 N–H and O–H groups in total. The molecule has 1 saturated carbocycles. The van der Waals surface area contributed by atoms with E-state index in [1.54, 1.807) is 17.7 Å². The first-order valence-corrected chi connectivity index (χ1v) is 9.00. The van der Waals surface area contributed by atoms with Gasteiger partial charge in [-0.05, 0) is 32.8 Å². The topological polar surface area (TPSA) is 71.8 Å². The first-order valence-electron chi connectivity index (χ1n) is 9.00. The maximum Gasteiger partial charge on any atom is 0.250 e. The van der Waals surface area contributed by atoms with Crippen LogP contribution in [0.1, 0.15) is 38.3 Å². The Hall–Kier alpha value is -1.66. The Morgan fingerprint density at radius 3 is 2.60 bits per heavy atom. The Kier molecular flexibility index (Phi) is 4.77. The van der Waals surface area contributed by atoms with Gasteiger partial charge in [-0.2, -0.15) is 0 Å². The van der Waals surface area contributed by atoms with Gasteiger partial charge >= 0.3 is 0 Å². The van der Waals surface area contributed by atoms with Gasteiger partial charge in [0, 0.05) is 56.8 Å². The largest absolute Gasteiger partial charge is 0.392 e. The summed E-state index contributed by atoms with van der Waals surface area (Å²) in [7, 11) is 1.70. The Bertz CT molecular complexity index is 706. The van der Waals surface area contributed by atoms with E-state index < -0.39 is 0 Å². The third-order valence-electron chi connectivity index (χ3n) is 6.55. The second-order valence-corrected chi connectivity index (χ2v) is 7.60. The lowest BCUT2D eigenvalue weighted by Crippen LogP contribution is -2.69. The number of carbonyl (C=O) groups excluding carboxylic acids is 1. The number of nitrogens with zero attached hydrogens (tertiary/aromatic N) is 2. The molecule has 0 aromatic carbocycles. The van der Waals surface area contributed by atoms with Gasteiger partial charge in [-0.1, -0.05) is 6.07 Å². The smallest absolute Gasteiger partial charge is 0.250 e. The average Bonchev–Trinajstić information content (AvgIpc) is 2.61. The van der Waals surface area contributed by atoms with E-state index in [2.05, 4.69) is 6.92 Å². The zero-order valence-electron chi connectivity index (χ0n) is 15.3. The Morgan fingerprint density at radius 2 is 2.04 bits per heavy atom. The molecule has 1 aromatic rings. The molecule has 2 aliphatic rings. The Labute approximate surface area is 148 Å². The SMILES string of the molecule is CO[C@@]1(C)C[C@@H](O)C12CCN(C(=O)CCn1c(C)cccc1=O)CC2. The van der Waals surface area contributed by atoms with Crippen molar-refractivity contribution < 1.29 is 14.6 Å². The molecule has 6 nitrogen and oxygen atoms in total. The number of hydrogen-bond acceptors (Lipinski definition) is 4. The van der Waals surface area contributed by atoms with E-state index in [0.717, 1.165) is 18.5 Å². The number of aliphatic hydroxyl groups excluding tert-OH is 1. The van der Waals surface area contributed by atoms with Crippen molar-refractivity contribution in [1.82, 2.24) is 9.47 Å². The van der Waals surface area contributed by atoms with Crippen LogP contribution in [0.5, 0.6) is 0 Å². The highest BCUT2D eigenvalue weighted by Gasteiger charge is 2.63. The van der Waals surface area contributed by atoms with Crippen molar-refractivity contribution >= 4 is 5.91 Å². The zero-order chi connectivity index (χ0) is 18.2. The Morgan fingerprint density at radius 1 is 1.36 bits per heavy atom. The van der Waals surface area contributed by atoms with Crippen molar-refractivity contribution in [1.29, 1.82) is 0 Å². The van der Waals surface area contributed by atoms with E-state index in [1.165, 1.54) is 6.07 Å². The van der Waals surface area contributed by atoms with Crippen molar-refractivity contribution in [2.75, 3.05) is 20.2 Å². The fourth-order valence-electron chi connectivity index (χ4n) is 4.57. The molecule has 25 heavy (non-hydrogen) atoms. The first-order chi connectivity index (χ1) is 11.8. The number of aromatic nitrogens is 1. The highest BCUT2D eigenvalue weighted by molar-refractivity contribution is 5.76. The van der Waals surface area contributed by atoms with Gasteiger partial charge in [-0.15, -0.1) is 0 Å². The van der Waals surface area contributed by atoms with Crippen LogP contribution in [0.3, 0.4) is 0 Å². The Balaban J connectivity index is 1.58. The molecule has 1 spiro atoms. The van der Waals surface area contributed by atoms with Gasteiger partial charge < -0.3 is 19.3 Å². The summed E-state index contributed by atoms with van der Waals surface area (Å²) >= 11 is 0. The maximum atomic E-state index is 12.5. The van der Waals surface area contributed by atoms with Crippen LogP contribution in [0.4, 0.5) is 0 Å². The monoisotopic (exact) mass is 348 g/mol. The van der Waals surface area contributed by atoms with Gasteiger partial charge in [0.05, 0.1) is 11.7 Å². The highest BCUT2D eigenvalue weighted by atomic mass is 16.5. The molecule has 0 radical (unpaired) electrons. The summed E-state index contributed by atoms with van der Waals surface area (Å²) in [5.74, 6) is 0.0675. The molecular weight excluding hydrogens is 320 g/mol. The minimum atomic E-state index is -0.347. The van der Waals surface area contributed by atoms with Gasteiger partial charge in [0.15, 0.2) is 0 Å². The van der Waals surface area contributed by atoms with Crippen LogP contribution in [-0.4, -0.2) is 52.4 Å². The molecule has 2 heterocycles. The van der Waals surface area contributed by atoms with Crippen LogP contribution < -0.4 is 5.56 Å². The summed E-state index contributed by atoms with van der Waals surface area (Å²) in [6, 6.07) is 5.13. The normalized spacial score (nSPS) is 28.0. The van der Waals surface area contributed by atoms with Crippen LogP contribution in [0.2, 0.25) is 0 Å². The van der Waals surface area contributed by atoms with Crippen molar-refractivity contribution in [3.63, 3.8) is 0 Å². The molecular formula is C19H28N2O4. The number of carbonyl (C=O) groups is 1. The number of piperidine rings is 1. The molecule has 2 atom stereocenters. The number of hydrogen-bond donors (Lipinski definition) is 1. The lowest BCUT2D eigenvalue weighted by Gasteiger charge is -2.62. The molecule has 1 aliphatic heterocycles. The zero-order valence-corrected chi connectivity index (χ0v) is 15.3.